The van der Waals surface area contributed by atoms with E-state index in [1.165, 1.54) is 5.48 Å². The second-order valence-electron chi connectivity index (χ2n) is 1.82. The van der Waals surface area contributed by atoms with Crippen LogP contribution in [0, 0.1) is 0 Å². The molecule has 2 N–H and O–H groups in total. The molecular formula is C5H12NO5P. The zero-order valence-corrected chi connectivity index (χ0v) is 7.70. The summed E-state index contributed by atoms with van der Waals surface area (Å²) in [5.74, 6) is -0.582. The lowest BCUT2D eigenvalue weighted by Gasteiger charge is -2.01. The molecule has 0 rings (SSSR count). The standard InChI is InChI=1S/C5H12NO5P/c1-2-10-12(9)11-4-3-5(7)6-8/h8,12H,2-4H2,1H3,(H,6,7). The molecule has 0 saturated heterocycles. The van der Waals surface area contributed by atoms with Gasteiger partial charge in [0.1, 0.15) is 0 Å². The van der Waals surface area contributed by atoms with Crippen LogP contribution in [-0.2, 0) is 18.4 Å². The van der Waals surface area contributed by atoms with Gasteiger partial charge in [0, 0.05) is 0 Å². The maximum Gasteiger partial charge on any atom is 0.319 e. The monoisotopic (exact) mass is 197 g/mol. The molecule has 0 heterocycles. The maximum absolute atomic E-state index is 10.7. The molecule has 0 radical (unpaired) electrons. The third-order valence-electron chi connectivity index (χ3n) is 0.936. The summed E-state index contributed by atoms with van der Waals surface area (Å²) in [7, 11) is -2.46. The summed E-state index contributed by atoms with van der Waals surface area (Å²) >= 11 is 0. The Labute approximate surface area is 70.8 Å². The van der Waals surface area contributed by atoms with Crippen molar-refractivity contribution in [3.05, 3.63) is 0 Å². The van der Waals surface area contributed by atoms with Crippen molar-refractivity contribution in [2.45, 2.75) is 13.3 Å². The highest BCUT2D eigenvalue weighted by atomic mass is 31.1. The summed E-state index contributed by atoms with van der Waals surface area (Å²) in [4.78, 5) is 10.4. The van der Waals surface area contributed by atoms with Crippen LogP contribution in [0.4, 0.5) is 0 Å². The molecule has 0 spiro atoms. The second kappa shape index (κ2) is 7.24. The van der Waals surface area contributed by atoms with Gasteiger partial charge in [0.05, 0.1) is 19.6 Å². The lowest BCUT2D eigenvalue weighted by atomic mass is 10.4. The summed E-state index contributed by atoms with van der Waals surface area (Å²) in [6, 6.07) is 0. The van der Waals surface area contributed by atoms with Crippen LogP contribution >= 0.6 is 8.25 Å². The molecule has 0 aromatic carbocycles. The summed E-state index contributed by atoms with van der Waals surface area (Å²) < 4.78 is 19.9. The molecule has 1 unspecified atom stereocenters. The molecule has 0 aliphatic heterocycles. The third-order valence-corrected chi connectivity index (χ3v) is 1.90. The Kier molecular flexibility index (Phi) is 6.99. The van der Waals surface area contributed by atoms with Crippen molar-refractivity contribution in [2.75, 3.05) is 13.2 Å². The van der Waals surface area contributed by atoms with Gasteiger partial charge >= 0.3 is 8.25 Å². The number of hydrogen-bond donors (Lipinski definition) is 2. The number of carbonyl (C=O) groups excluding carboxylic acids is 1. The molecule has 0 fully saturated rings. The first-order valence-electron chi connectivity index (χ1n) is 3.43. The predicted octanol–water partition coefficient (Wildman–Crippen LogP) is 0.325. The summed E-state index contributed by atoms with van der Waals surface area (Å²) in [6.45, 7) is 1.97. The fourth-order valence-corrected chi connectivity index (χ4v) is 1.03. The van der Waals surface area contributed by atoms with Gasteiger partial charge in [0.2, 0.25) is 5.91 Å². The van der Waals surface area contributed by atoms with Gasteiger partial charge in [-0.1, -0.05) is 0 Å². The van der Waals surface area contributed by atoms with Crippen molar-refractivity contribution in [1.29, 1.82) is 0 Å². The predicted molar refractivity (Wildman–Crippen MR) is 41.1 cm³/mol. The highest BCUT2D eigenvalue weighted by Crippen LogP contribution is 2.22. The van der Waals surface area contributed by atoms with E-state index in [1.54, 1.807) is 6.92 Å². The largest absolute Gasteiger partial charge is 0.319 e. The molecule has 1 amide bonds. The van der Waals surface area contributed by atoms with Crippen molar-refractivity contribution >= 4 is 14.2 Å². The smallest absolute Gasteiger partial charge is 0.311 e. The fraction of sp³-hybridized carbons (Fsp3) is 0.800. The molecule has 0 aromatic rings. The molecule has 1 atom stereocenters. The minimum Gasteiger partial charge on any atom is -0.311 e. The summed E-state index contributed by atoms with van der Waals surface area (Å²) in [6.07, 6.45) is -0.0417. The Morgan fingerprint density at radius 3 is 2.75 bits per heavy atom. The van der Waals surface area contributed by atoms with Crippen LogP contribution in [0.1, 0.15) is 13.3 Å². The van der Waals surface area contributed by atoms with E-state index in [0.29, 0.717) is 6.61 Å². The molecular weight excluding hydrogens is 185 g/mol. The van der Waals surface area contributed by atoms with E-state index >= 15 is 0 Å². The van der Waals surface area contributed by atoms with E-state index in [1.807, 2.05) is 0 Å². The molecule has 72 valence electrons. The highest BCUT2D eigenvalue weighted by Gasteiger charge is 2.01. The van der Waals surface area contributed by atoms with Gasteiger partial charge in [-0.25, -0.2) is 5.48 Å². The lowest BCUT2D eigenvalue weighted by Crippen LogP contribution is -2.19. The van der Waals surface area contributed by atoms with E-state index < -0.39 is 14.2 Å². The first-order chi connectivity index (χ1) is 5.70. The Bertz CT molecular complexity index is 162. The van der Waals surface area contributed by atoms with E-state index in [-0.39, 0.29) is 13.0 Å². The van der Waals surface area contributed by atoms with Crippen LogP contribution in [0.3, 0.4) is 0 Å². The molecule has 0 aliphatic rings. The van der Waals surface area contributed by atoms with Gasteiger partial charge in [0.25, 0.3) is 0 Å². The molecule has 0 bridgehead atoms. The normalized spacial score (nSPS) is 12.5. The van der Waals surface area contributed by atoms with E-state index in [2.05, 4.69) is 9.05 Å². The summed E-state index contributed by atoms with van der Waals surface area (Å²) in [5.41, 5.74) is 1.42. The summed E-state index contributed by atoms with van der Waals surface area (Å²) in [5, 5.41) is 8.05. The van der Waals surface area contributed by atoms with Crippen molar-refractivity contribution in [2.24, 2.45) is 0 Å². The molecule has 7 heteroatoms. The average Bonchev–Trinajstić information content (AvgIpc) is 2.04. The first-order valence-corrected chi connectivity index (χ1v) is 4.65. The van der Waals surface area contributed by atoms with Crippen LogP contribution < -0.4 is 5.48 Å². The Morgan fingerprint density at radius 2 is 2.25 bits per heavy atom. The first kappa shape index (κ1) is 11.6. The Morgan fingerprint density at radius 1 is 1.58 bits per heavy atom. The van der Waals surface area contributed by atoms with Crippen LogP contribution in [0.25, 0.3) is 0 Å². The number of carbonyl (C=O) groups is 1. The molecule has 0 aliphatic carbocycles. The van der Waals surface area contributed by atoms with E-state index in [9.17, 15) is 9.36 Å². The van der Waals surface area contributed by atoms with Crippen molar-refractivity contribution in [1.82, 2.24) is 5.48 Å². The highest BCUT2D eigenvalue weighted by molar-refractivity contribution is 7.33. The van der Waals surface area contributed by atoms with Crippen molar-refractivity contribution in [3.8, 4) is 0 Å². The third kappa shape index (κ3) is 6.30. The van der Waals surface area contributed by atoms with E-state index in [0.717, 1.165) is 0 Å². The van der Waals surface area contributed by atoms with Crippen molar-refractivity contribution in [3.63, 3.8) is 0 Å². The van der Waals surface area contributed by atoms with Crippen molar-refractivity contribution < 1.29 is 23.6 Å². The quantitative estimate of drug-likeness (QED) is 0.364. The molecule has 0 saturated carbocycles. The second-order valence-corrected chi connectivity index (χ2v) is 2.89. The van der Waals surface area contributed by atoms with Crippen LogP contribution in [0.2, 0.25) is 0 Å². The van der Waals surface area contributed by atoms with Gasteiger partial charge in [-0.3, -0.25) is 14.6 Å². The van der Waals surface area contributed by atoms with Gasteiger partial charge in [-0.2, -0.15) is 0 Å². The Balaban J connectivity index is 3.30. The molecule has 12 heavy (non-hydrogen) atoms. The minimum absolute atomic E-state index is 0.0236. The minimum atomic E-state index is -2.46. The number of nitrogens with one attached hydrogen (secondary N) is 1. The van der Waals surface area contributed by atoms with Gasteiger partial charge in [0.15, 0.2) is 0 Å². The molecule has 6 nitrogen and oxygen atoms in total. The fourth-order valence-electron chi connectivity index (χ4n) is 0.442. The van der Waals surface area contributed by atoms with E-state index in [4.69, 9.17) is 5.21 Å². The zero-order valence-electron chi connectivity index (χ0n) is 6.70. The Hall–Kier alpha value is -0.420. The van der Waals surface area contributed by atoms with Crippen LogP contribution in [-0.4, -0.2) is 24.3 Å². The average molecular weight is 197 g/mol. The number of hydroxylamine groups is 1. The van der Waals surface area contributed by atoms with Gasteiger partial charge in [-0.15, -0.1) is 0 Å². The SMILES string of the molecule is CCO[PH](=O)OCCC(=O)NO. The number of amides is 1. The van der Waals surface area contributed by atoms with Gasteiger partial charge < -0.3 is 9.05 Å². The zero-order chi connectivity index (χ0) is 9.40. The number of hydrogen-bond acceptors (Lipinski definition) is 5. The van der Waals surface area contributed by atoms with Gasteiger partial charge in [-0.05, 0) is 6.92 Å². The topological polar surface area (TPSA) is 84.9 Å². The number of rotatable bonds is 6. The lowest BCUT2D eigenvalue weighted by molar-refractivity contribution is -0.129. The molecule has 0 aromatic heterocycles. The maximum atomic E-state index is 10.7. The van der Waals surface area contributed by atoms with Crippen LogP contribution in [0.15, 0.2) is 0 Å². The van der Waals surface area contributed by atoms with Crippen LogP contribution in [0.5, 0.6) is 0 Å².